The van der Waals surface area contributed by atoms with Gasteiger partial charge in [0.15, 0.2) is 0 Å². The van der Waals surface area contributed by atoms with Gasteiger partial charge in [0.05, 0.1) is 6.61 Å². The number of rotatable bonds is 4. The number of aliphatic hydroxyl groups excluding tert-OH is 1. The van der Waals surface area contributed by atoms with Crippen LogP contribution >= 0.6 is 28.3 Å². The average Bonchev–Trinajstić information content (AvgIpc) is 2.40. The van der Waals surface area contributed by atoms with Crippen LogP contribution < -0.4 is 5.73 Å². The standard InChI is InChI=1S/C14H15BrN2O.ClH/c15-12-3-1-10(2-4-12)14-5-6-17-8-11(14)7-13(16)9-18;/h1-6,8,13,18H,7,9,16H2;1H. The molecule has 0 aliphatic carbocycles. The molecule has 0 amide bonds. The molecule has 0 bridgehead atoms. The molecular weight excluding hydrogens is 328 g/mol. The summed E-state index contributed by atoms with van der Waals surface area (Å²) < 4.78 is 1.05. The lowest BCUT2D eigenvalue weighted by Crippen LogP contribution is -2.27. The van der Waals surface area contributed by atoms with Crippen molar-refractivity contribution in [3.8, 4) is 11.1 Å². The molecule has 2 aromatic rings. The van der Waals surface area contributed by atoms with Crippen LogP contribution in [0.2, 0.25) is 0 Å². The first-order valence-corrected chi connectivity index (χ1v) is 6.55. The number of nitrogens with zero attached hydrogens (tertiary/aromatic N) is 1. The SMILES string of the molecule is Cl.NC(CO)Cc1cnccc1-c1ccc(Br)cc1. The number of hydrogen-bond donors (Lipinski definition) is 2. The highest BCUT2D eigenvalue weighted by atomic mass is 79.9. The summed E-state index contributed by atoms with van der Waals surface area (Å²) >= 11 is 3.42. The number of pyridine rings is 1. The maximum absolute atomic E-state index is 9.04. The number of halogens is 2. The lowest BCUT2D eigenvalue weighted by atomic mass is 9.97. The minimum Gasteiger partial charge on any atom is -0.395 e. The van der Waals surface area contributed by atoms with E-state index in [1.54, 1.807) is 6.20 Å². The van der Waals surface area contributed by atoms with E-state index in [4.69, 9.17) is 10.8 Å². The molecule has 1 unspecified atom stereocenters. The zero-order valence-corrected chi connectivity index (χ0v) is 12.7. The summed E-state index contributed by atoms with van der Waals surface area (Å²) in [7, 11) is 0. The molecule has 0 fully saturated rings. The summed E-state index contributed by atoms with van der Waals surface area (Å²) in [6.07, 6.45) is 4.20. The van der Waals surface area contributed by atoms with Crippen molar-refractivity contribution >= 4 is 28.3 Å². The summed E-state index contributed by atoms with van der Waals surface area (Å²) in [5, 5.41) is 9.04. The van der Waals surface area contributed by atoms with Gasteiger partial charge < -0.3 is 10.8 Å². The van der Waals surface area contributed by atoms with Crippen LogP contribution in [0.3, 0.4) is 0 Å². The largest absolute Gasteiger partial charge is 0.395 e. The highest BCUT2D eigenvalue weighted by molar-refractivity contribution is 9.10. The van der Waals surface area contributed by atoms with E-state index in [2.05, 4.69) is 20.9 Å². The minimum absolute atomic E-state index is 0. The Kier molecular flexibility index (Phi) is 6.45. The van der Waals surface area contributed by atoms with E-state index < -0.39 is 0 Å². The zero-order chi connectivity index (χ0) is 13.0. The minimum atomic E-state index is -0.247. The molecule has 0 saturated heterocycles. The number of aliphatic hydroxyl groups is 1. The van der Waals surface area contributed by atoms with Crippen molar-refractivity contribution in [1.29, 1.82) is 0 Å². The third-order valence-corrected chi connectivity index (χ3v) is 3.30. The molecule has 102 valence electrons. The monoisotopic (exact) mass is 342 g/mol. The molecule has 3 nitrogen and oxygen atoms in total. The van der Waals surface area contributed by atoms with Crippen LogP contribution in [0, 0.1) is 0 Å². The summed E-state index contributed by atoms with van der Waals surface area (Å²) in [6, 6.07) is 9.84. The first kappa shape index (κ1) is 16.1. The van der Waals surface area contributed by atoms with Gasteiger partial charge in [-0.2, -0.15) is 0 Å². The molecule has 1 atom stereocenters. The van der Waals surface area contributed by atoms with Crippen LogP contribution in [0.1, 0.15) is 5.56 Å². The summed E-state index contributed by atoms with van der Waals surface area (Å²) in [4.78, 5) is 4.13. The van der Waals surface area contributed by atoms with E-state index in [1.165, 1.54) is 0 Å². The van der Waals surface area contributed by atoms with E-state index in [-0.39, 0.29) is 25.1 Å². The maximum Gasteiger partial charge on any atom is 0.0585 e. The van der Waals surface area contributed by atoms with Gasteiger partial charge in [0.25, 0.3) is 0 Å². The van der Waals surface area contributed by atoms with Gasteiger partial charge >= 0.3 is 0 Å². The van der Waals surface area contributed by atoms with Crippen molar-refractivity contribution in [2.45, 2.75) is 12.5 Å². The second kappa shape index (κ2) is 7.60. The Morgan fingerprint density at radius 2 is 1.89 bits per heavy atom. The van der Waals surface area contributed by atoms with Crippen LogP contribution in [0.15, 0.2) is 47.2 Å². The van der Waals surface area contributed by atoms with E-state index >= 15 is 0 Å². The number of nitrogens with two attached hydrogens (primary N) is 1. The third-order valence-electron chi connectivity index (χ3n) is 2.78. The quantitative estimate of drug-likeness (QED) is 0.897. The number of aromatic nitrogens is 1. The van der Waals surface area contributed by atoms with Crippen molar-refractivity contribution in [1.82, 2.24) is 4.98 Å². The molecule has 1 heterocycles. The topological polar surface area (TPSA) is 59.1 Å². The molecule has 0 aliphatic heterocycles. The first-order valence-electron chi connectivity index (χ1n) is 5.76. The van der Waals surface area contributed by atoms with Gasteiger partial charge in [-0.1, -0.05) is 28.1 Å². The Hall–Kier alpha value is -0.940. The molecule has 5 heteroatoms. The van der Waals surface area contributed by atoms with Crippen LogP contribution in [-0.4, -0.2) is 22.7 Å². The molecule has 0 spiro atoms. The van der Waals surface area contributed by atoms with E-state index in [0.717, 1.165) is 21.2 Å². The average molecular weight is 344 g/mol. The fourth-order valence-corrected chi connectivity index (χ4v) is 2.11. The van der Waals surface area contributed by atoms with Crippen molar-refractivity contribution in [3.63, 3.8) is 0 Å². The van der Waals surface area contributed by atoms with Gasteiger partial charge in [0.1, 0.15) is 0 Å². The highest BCUT2D eigenvalue weighted by Gasteiger charge is 2.09. The first-order chi connectivity index (χ1) is 8.70. The fraction of sp³-hybridized carbons (Fsp3) is 0.214. The molecular formula is C14H16BrClN2O. The molecule has 1 aromatic heterocycles. The highest BCUT2D eigenvalue weighted by Crippen LogP contribution is 2.25. The van der Waals surface area contributed by atoms with Crippen LogP contribution in [-0.2, 0) is 6.42 Å². The van der Waals surface area contributed by atoms with E-state index in [0.29, 0.717) is 6.42 Å². The summed E-state index contributed by atoms with van der Waals surface area (Å²) in [5.74, 6) is 0. The van der Waals surface area contributed by atoms with E-state index in [9.17, 15) is 0 Å². The Balaban J connectivity index is 0.00000180. The Labute approximate surface area is 127 Å². The number of benzene rings is 1. The van der Waals surface area contributed by atoms with Crippen molar-refractivity contribution in [2.75, 3.05) is 6.61 Å². The normalized spacial score (nSPS) is 11.7. The zero-order valence-electron chi connectivity index (χ0n) is 10.3. The van der Waals surface area contributed by atoms with Gasteiger partial charge in [-0.05, 0) is 41.3 Å². The maximum atomic E-state index is 9.04. The van der Waals surface area contributed by atoms with Crippen LogP contribution in [0.25, 0.3) is 11.1 Å². The molecule has 1 aromatic carbocycles. The molecule has 0 aliphatic rings. The van der Waals surface area contributed by atoms with Crippen LogP contribution in [0.5, 0.6) is 0 Å². The lowest BCUT2D eigenvalue weighted by Gasteiger charge is -2.12. The second-order valence-electron chi connectivity index (χ2n) is 4.19. The van der Waals surface area contributed by atoms with Crippen molar-refractivity contribution < 1.29 is 5.11 Å². The van der Waals surface area contributed by atoms with E-state index in [1.807, 2.05) is 36.5 Å². The number of hydrogen-bond acceptors (Lipinski definition) is 3. The van der Waals surface area contributed by atoms with Gasteiger partial charge in [-0.15, -0.1) is 12.4 Å². The molecule has 0 saturated carbocycles. The van der Waals surface area contributed by atoms with Crippen LogP contribution in [0.4, 0.5) is 0 Å². The van der Waals surface area contributed by atoms with Crippen molar-refractivity contribution in [3.05, 3.63) is 52.8 Å². The van der Waals surface area contributed by atoms with Gasteiger partial charge in [0, 0.05) is 22.9 Å². The summed E-state index contributed by atoms with van der Waals surface area (Å²) in [6.45, 7) is -0.0192. The Morgan fingerprint density at radius 3 is 2.53 bits per heavy atom. The predicted octanol–water partition coefficient (Wildman–Crippen LogP) is 2.80. The van der Waals surface area contributed by atoms with Gasteiger partial charge in [0.2, 0.25) is 0 Å². The lowest BCUT2D eigenvalue weighted by molar-refractivity contribution is 0.265. The Morgan fingerprint density at radius 1 is 1.21 bits per heavy atom. The molecule has 0 radical (unpaired) electrons. The van der Waals surface area contributed by atoms with Crippen molar-refractivity contribution in [2.24, 2.45) is 5.73 Å². The Bertz CT molecular complexity index is 519. The van der Waals surface area contributed by atoms with Gasteiger partial charge in [-0.3, -0.25) is 4.98 Å². The summed E-state index contributed by atoms with van der Waals surface area (Å²) in [5.41, 5.74) is 9.09. The smallest absolute Gasteiger partial charge is 0.0585 e. The second-order valence-corrected chi connectivity index (χ2v) is 5.10. The predicted molar refractivity (Wildman–Crippen MR) is 83.4 cm³/mol. The molecule has 19 heavy (non-hydrogen) atoms. The van der Waals surface area contributed by atoms with Gasteiger partial charge in [-0.25, -0.2) is 0 Å². The third kappa shape index (κ3) is 4.28. The fourth-order valence-electron chi connectivity index (χ4n) is 1.85. The molecule has 3 N–H and O–H groups in total. The molecule has 2 rings (SSSR count).